The molecule has 2 fully saturated rings. The summed E-state index contributed by atoms with van der Waals surface area (Å²) in [5.41, 5.74) is 2.89. The van der Waals surface area contributed by atoms with Gasteiger partial charge in [-0.2, -0.15) is 18.2 Å². The molecule has 0 amide bonds. The van der Waals surface area contributed by atoms with Crippen molar-refractivity contribution in [1.82, 2.24) is 19.6 Å². The number of sulfonamides is 1. The Kier molecular flexibility index (Phi) is 7.89. The number of hydrogen-bond donors (Lipinski definition) is 3. The van der Waals surface area contributed by atoms with Crippen LogP contribution in [0.3, 0.4) is 0 Å². The number of nitrogens with one attached hydrogen (secondary N) is 3. The highest BCUT2D eigenvalue weighted by Gasteiger charge is 2.36. The minimum atomic E-state index is -4.66. The summed E-state index contributed by atoms with van der Waals surface area (Å²) in [5, 5.41) is 5.43. The number of aromatic nitrogens is 2. The number of benzene rings is 2. The third-order valence-corrected chi connectivity index (χ3v) is 8.94. The molecule has 1 aromatic heterocycles. The first-order valence-electron chi connectivity index (χ1n) is 13.1. The molecule has 1 saturated heterocycles. The van der Waals surface area contributed by atoms with Crippen LogP contribution in [0.15, 0.2) is 48.7 Å². The molecule has 0 unspecified atom stereocenters. The van der Waals surface area contributed by atoms with Gasteiger partial charge in [-0.25, -0.2) is 18.1 Å². The molecule has 3 aromatic rings. The largest absolute Gasteiger partial charge is 0.421 e. The molecular formula is C27H32F3N7O2S. The number of halogens is 3. The van der Waals surface area contributed by atoms with Gasteiger partial charge in [0.2, 0.25) is 16.0 Å². The fourth-order valence-electron chi connectivity index (χ4n) is 4.53. The molecule has 214 valence electrons. The van der Waals surface area contributed by atoms with E-state index in [1.165, 1.54) is 0 Å². The second-order valence-electron chi connectivity index (χ2n) is 10.3. The zero-order chi connectivity index (χ0) is 28.5. The van der Waals surface area contributed by atoms with E-state index < -0.39 is 27.6 Å². The Hall–Kier alpha value is -3.42. The standard InChI is InChI=1S/C27H32F3N7O2S/c1-18-15-21(7-10-24(18)37-13-11-36(2)12-14-37)34-26-31-17-23(27(28,29)30)25(35-26)33-20-5-3-19(4-6-20)16-32-40(38,39)22-8-9-22/h3-7,10,15,17,22,32H,8-9,11-14,16H2,1-2H3,(H2,31,33,34,35). The lowest BCUT2D eigenvalue weighted by molar-refractivity contribution is -0.137. The molecule has 5 rings (SSSR count). The van der Waals surface area contributed by atoms with Crippen LogP contribution in [0.1, 0.15) is 29.5 Å². The lowest BCUT2D eigenvalue weighted by Gasteiger charge is -2.35. The highest BCUT2D eigenvalue weighted by atomic mass is 32.2. The lowest BCUT2D eigenvalue weighted by Crippen LogP contribution is -2.44. The number of anilines is 5. The average Bonchev–Trinajstić information content (AvgIpc) is 3.75. The van der Waals surface area contributed by atoms with Crippen LogP contribution in [0.4, 0.5) is 42.0 Å². The fourth-order valence-corrected chi connectivity index (χ4v) is 5.89. The number of piperazine rings is 1. The molecule has 13 heteroatoms. The Morgan fingerprint density at radius 3 is 2.27 bits per heavy atom. The van der Waals surface area contributed by atoms with Gasteiger partial charge in [-0.15, -0.1) is 0 Å². The molecule has 2 aromatic carbocycles. The molecule has 0 spiro atoms. The Bertz CT molecular complexity index is 1450. The predicted octanol–water partition coefficient (Wildman–Crippen LogP) is 4.62. The first-order valence-corrected chi connectivity index (χ1v) is 14.6. The van der Waals surface area contributed by atoms with Crippen LogP contribution in [0, 0.1) is 6.92 Å². The minimum Gasteiger partial charge on any atom is -0.369 e. The third-order valence-electron chi connectivity index (χ3n) is 7.05. The molecular weight excluding hydrogens is 543 g/mol. The van der Waals surface area contributed by atoms with Crippen molar-refractivity contribution in [3.05, 3.63) is 65.4 Å². The van der Waals surface area contributed by atoms with Gasteiger partial charge in [0.1, 0.15) is 11.4 Å². The second kappa shape index (κ2) is 11.2. The summed E-state index contributed by atoms with van der Waals surface area (Å²) < 4.78 is 67.9. The Morgan fingerprint density at radius 2 is 1.65 bits per heavy atom. The minimum absolute atomic E-state index is 0.0216. The quantitative estimate of drug-likeness (QED) is 0.340. The lowest BCUT2D eigenvalue weighted by atomic mass is 10.1. The van der Waals surface area contributed by atoms with Crippen molar-refractivity contribution >= 4 is 38.9 Å². The Balaban J connectivity index is 1.30. The third kappa shape index (κ3) is 6.83. The van der Waals surface area contributed by atoms with Crippen LogP contribution in [-0.2, 0) is 22.7 Å². The summed E-state index contributed by atoms with van der Waals surface area (Å²) in [7, 11) is -1.23. The highest BCUT2D eigenvalue weighted by molar-refractivity contribution is 7.90. The average molecular weight is 576 g/mol. The van der Waals surface area contributed by atoms with Gasteiger partial charge in [0.25, 0.3) is 0 Å². The number of likely N-dealkylation sites (N-methyl/N-ethyl adjacent to an activating group) is 1. The van der Waals surface area contributed by atoms with Crippen LogP contribution in [0.25, 0.3) is 0 Å². The molecule has 2 heterocycles. The molecule has 9 nitrogen and oxygen atoms in total. The summed E-state index contributed by atoms with van der Waals surface area (Å²) in [6.45, 7) is 5.94. The van der Waals surface area contributed by atoms with Gasteiger partial charge in [-0.3, -0.25) is 0 Å². The van der Waals surface area contributed by atoms with E-state index in [2.05, 4.69) is 42.2 Å². The first-order chi connectivity index (χ1) is 19.0. The van der Waals surface area contributed by atoms with Crippen molar-refractivity contribution in [3.63, 3.8) is 0 Å². The van der Waals surface area contributed by atoms with E-state index in [9.17, 15) is 21.6 Å². The van der Waals surface area contributed by atoms with Crippen molar-refractivity contribution in [2.24, 2.45) is 0 Å². The van der Waals surface area contributed by atoms with Crippen molar-refractivity contribution in [3.8, 4) is 0 Å². The number of alkyl halides is 3. The Morgan fingerprint density at radius 1 is 0.975 bits per heavy atom. The number of nitrogens with zero attached hydrogens (tertiary/aromatic N) is 4. The van der Waals surface area contributed by atoms with Crippen molar-refractivity contribution in [2.75, 3.05) is 48.8 Å². The van der Waals surface area contributed by atoms with Crippen molar-refractivity contribution < 1.29 is 21.6 Å². The van der Waals surface area contributed by atoms with Crippen molar-refractivity contribution in [1.29, 1.82) is 0 Å². The van der Waals surface area contributed by atoms with Gasteiger partial charge in [-0.1, -0.05) is 12.1 Å². The van der Waals surface area contributed by atoms with E-state index in [0.29, 0.717) is 29.8 Å². The molecule has 1 aliphatic carbocycles. The zero-order valence-electron chi connectivity index (χ0n) is 22.3. The molecule has 1 aliphatic heterocycles. The molecule has 0 atom stereocenters. The summed E-state index contributed by atoms with van der Waals surface area (Å²) in [4.78, 5) is 12.7. The monoisotopic (exact) mass is 575 g/mol. The maximum Gasteiger partial charge on any atom is 0.421 e. The number of aryl methyl sites for hydroxylation is 1. The maximum absolute atomic E-state index is 13.7. The topological polar surface area (TPSA) is 102 Å². The first kappa shape index (κ1) is 28.1. The van der Waals surface area contributed by atoms with Crippen LogP contribution < -0.4 is 20.3 Å². The van der Waals surface area contributed by atoms with Gasteiger partial charge in [0.05, 0.1) is 5.25 Å². The van der Waals surface area contributed by atoms with E-state index in [4.69, 9.17) is 0 Å². The summed E-state index contributed by atoms with van der Waals surface area (Å²) in [6.07, 6.45) is -2.58. The smallest absolute Gasteiger partial charge is 0.369 e. The molecule has 40 heavy (non-hydrogen) atoms. The summed E-state index contributed by atoms with van der Waals surface area (Å²) in [6, 6.07) is 12.3. The van der Waals surface area contributed by atoms with Gasteiger partial charge < -0.3 is 20.4 Å². The summed E-state index contributed by atoms with van der Waals surface area (Å²) in [5.74, 6) is -0.369. The molecule has 1 saturated carbocycles. The molecule has 0 bridgehead atoms. The van der Waals surface area contributed by atoms with Crippen LogP contribution in [0.2, 0.25) is 0 Å². The van der Waals surface area contributed by atoms with Gasteiger partial charge in [0, 0.05) is 56.0 Å². The number of hydrogen-bond acceptors (Lipinski definition) is 8. The second-order valence-corrected chi connectivity index (χ2v) is 12.3. The SMILES string of the molecule is Cc1cc(Nc2ncc(C(F)(F)F)c(Nc3ccc(CNS(=O)(=O)C4CC4)cc3)n2)ccc1N1CCN(C)CC1. The fraction of sp³-hybridized carbons (Fsp3) is 0.407. The number of rotatable bonds is 9. The Labute approximate surface area is 231 Å². The molecule has 3 N–H and O–H groups in total. The van der Waals surface area contributed by atoms with E-state index in [1.54, 1.807) is 24.3 Å². The van der Waals surface area contributed by atoms with Gasteiger partial charge >= 0.3 is 6.18 Å². The van der Waals surface area contributed by atoms with E-state index in [1.807, 2.05) is 25.1 Å². The van der Waals surface area contributed by atoms with Crippen LogP contribution in [0.5, 0.6) is 0 Å². The normalized spacial score (nSPS) is 16.7. The van der Waals surface area contributed by atoms with E-state index in [-0.39, 0.29) is 17.7 Å². The molecule has 2 aliphatic rings. The predicted molar refractivity (Wildman–Crippen MR) is 150 cm³/mol. The van der Waals surface area contributed by atoms with Crippen molar-refractivity contribution in [2.45, 2.75) is 37.7 Å². The van der Waals surface area contributed by atoms with E-state index >= 15 is 0 Å². The van der Waals surface area contributed by atoms with Crippen LogP contribution >= 0.6 is 0 Å². The maximum atomic E-state index is 13.7. The molecule has 0 radical (unpaired) electrons. The van der Waals surface area contributed by atoms with Gasteiger partial charge in [-0.05, 0) is 68.3 Å². The highest BCUT2D eigenvalue weighted by Crippen LogP contribution is 2.36. The van der Waals surface area contributed by atoms with Crippen LogP contribution in [-0.4, -0.2) is 61.8 Å². The van der Waals surface area contributed by atoms with Gasteiger partial charge in [0.15, 0.2) is 0 Å². The van der Waals surface area contributed by atoms with E-state index in [0.717, 1.165) is 43.6 Å². The zero-order valence-corrected chi connectivity index (χ0v) is 23.1. The summed E-state index contributed by atoms with van der Waals surface area (Å²) >= 11 is 0.